The molecule has 1 heterocycles. The second-order valence-corrected chi connectivity index (χ2v) is 6.22. The van der Waals surface area contributed by atoms with Crippen molar-refractivity contribution in [3.63, 3.8) is 0 Å². The molecule has 2 N–H and O–H groups in total. The second kappa shape index (κ2) is 7.88. The lowest BCUT2D eigenvalue weighted by Crippen LogP contribution is -2.27. The topological polar surface area (TPSA) is 70.2 Å². The minimum Gasteiger partial charge on any atom is -0.365 e. The molecule has 0 saturated carbocycles. The number of likely N-dealkylation sites (N-methyl/N-ethyl adjacent to an activating group) is 1. The summed E-state index contributed by atoms with van der Waals surface area (Å²) in [6.45, 7) is 0.856. The molecule has 3 rings (SSSR count). The minimum atomic E-state index is -0.326. The number of nitrogens with zero attached hydrogens (tertiary/aromatic N) is 3. The highest BCUT2D eigenvalue weighted by atomic mass is 19.1. The van der Waals surface area contributed by atoms with Crippen LogP contribution >= 0.6 is 0 Å². The molecule has 0 spiro atoms. The highest BCUT2D eigenvalue weighted by molar-refractivity contribution is 5.92. The van der Waals surface area contributed by atoms with Gasteiger partial charge in [0.25, 0.3) is 0 Å². The fourth-order valence-corrected chi connectivity index (χ4v) is 2.55. The van der Waals surface area contributed by atoms with E-state index in [1.165, 1.54) is 18.5 Å². The lowest BCUT2D eigenvalue weighted by molar-refractivity contribution is -0.116. The first-order valence-electron chi connectivity index (χ1n) is 8.19. The number of hydrogen-bond acceptors (Lipinski definition) is 5. The Morgan fingerprint density at radius 2 is 1.88 bits per heavy atom. The van der Waals surface area contributed by atoms with E-state index in [1.807, 2.05) is 43.3 Å². The first-order chi connectivity index (χ1) is 12.5. The number of carbonyl (C=O) groups excluding carboxylic acids is 1. The van der Waals surface area contributed by atoms with Gasteiger partial charge in [-0.15, -0.1) is 0 Å². The lowest BCUT2D eigenvalue weighted by atomic mass is 10.2. The van der Waals surface area contributed by atoms with Gasteiger partial charge in [-0.05, 0) is 50.0 Å². The number of anilines is 2. The van der Waals surface area contributed by atoms with Crippen molar-refractivity contribution in [2.45, 2.75) is 6.54 Å². The van der Waals surface area contributed by atoms with Gasteiger partial charge in [0.2, 0.25) is 5.91 Å². The number of amides is 1. The summed E-state index contributed by atoms with van der Waals surface area (Å²) in [5.74, 6) is 0.196. The van der Waals surface area contributed by atoms with Gasteiger partial charge in [-0.2, -0.15) is 0 Å². The Labute approximate surface area is 151 Å². The molecule has 0 aliphatic carbocycles. The maximum atomic E-state index is 13.5. The smallest absolute Gasteiger partial charge is 0.238 e. The highest BCUT2D eigenvalue weighted by Crippen LogP contribution is 2.21. The zero-order chi connectivity index (χ0) is 18.5. The van der Waals surface area contributed by atoms with Crippen LogP contribution in [0.5, 0.6) is 0 Å². The van der Waals surface area contributed by atoms with E-state index >= 15 is 0 Å². The monoisotopic (exact) mass is 353 g/mol. The summed E-state index contributed by atoms with van der Waals surface area (Å²) in [6.07, 6.45) is 1.45. The van der Waals surface area contributed by atoms with Gasteiger partial charge >= 0.3 is 0 Å². The number of halogens is 1. The Balaban J connectivity index is 1.65. The van der Waals surface area contributed by atoms with E-state index in [4.69, 9.17) is 0 Å². The number of carbonyl (C=O) groups is 1. The third-order valence-electron chi connectivity index (χ3n) is 3.75. The molecule has 6 nitrogen and oxygen atoms in total. The summed E-state index contributed by atoms with van der Waals surface area (Å²) in [6, 6.07) is 12.0. The van der Waals surface area contributed by atoms with Gasteiger partial charge in [0.05, 0.1) is 12.1 Å². The fourth-order valence-electron chi connectivity index (χ4n) is 2.55. The van der Waals surface area contributed by atoms with Crippen LogP contribution in [0.3, 0.4) is 0 Å². The van der Waals surface area contributed by atoms with Crippen LogP contribution in [0.2, 0.25) is 0 Å². The summed E-state index contributed by atoms with van der Waals surface area (Å²) in [5.41, 5.74) is 2.44. The molecule has 0 fully saturated rings. The zero-order valence-corrected chi connectivity index (χ0v) is 14.7. The van der Waals surface area contributed by atoms with Crippen molar-refractivity contribution in [2.24, 2.45) is 0 Å². The number of nitrogens with one attached hydrogen (secondary N) is 2. The van der Waals surface area contributed by atoms with Crippen LogP contribution in [0.15, 0.2) is 48.8 Å². The number of hydrogen-bond donors (Lipinski definition) is 2. The van der Waals surface area contributed by atoms with Crippen LogP contribution in [0.4, 0.5) is 15.9 Å². The van der Waals surface area contributed by atoms with E-state index in [1.54, 1.807) is 6.07 Å². The molecular weight excluding hydrogens is 333 g/mol. The van der Waals surface area contributed by atoms with Crippen molar-refractivity contribution in [1.29, 1.82) is 0 Å². The number of aromatic nitrogens is 2. The van der Waals surface area contributed by atoms with Crippen molar-refractivity contribution >= 4 is 28.3 Å². The number of benzene rings is 2. The van der Waals surface area contributed by atoms with Crippen LogP contribution in [-0.2, 0) is 11.3 Å². The Kier molecular flexibility index (Phi) is 5.38. The summed E-state index contributed by atoms with van der Waals surface area (Å²) in [7, 11) is 3.69. The van der Waals surface area contributed by atoms with E-state index in [0.29, 0.717) is 29.8 Å². The van der Waals surface area contributed by atoms with E-state index in [2.05, 4.69) is 20.6 Å². The molecular formula is C19H20FN5O. The normalized spacial score (nSPS) is 10.9. The Bertz CT molecular complexity index is 911. The highest BCUT2D eigenvalue weighted by Gasteiger charge is 2.06. The Hall–Kier alpha value is -3.06. The maximum Gasteiger partial charge on any atom is 0.238 e. The predicted molar refractivity (Wildman–Crippen MR) is 100 cm³/mol. The van der Waals surface area contributed by atoms with Gasteiger partial charge < -0.3 is 15.5 Å². The molecule has 0 aliphatic rings. The molecule has 2 aromatic carbocycles. The van der Waals surface area contributed by atoms with Gasteiger partial charge in [0.1, 0.15) is 18.0 Å². The molecule has 134 valence electrons. The van der Waals surface area contributed by atoms with Gasteiger partial charge in [-0.1, -0.05) is 12.1 Å². The zero-order valence-electron chi connectivity index (χ0n) is 14.7. The first-order valence-corrected chi connectivity index (χ1v) is 8.19. The second-order valence-electron chi connectivity index (χ2n) is 6.22. The SMILES string of the molecule is CN(C)CC(=O)Nc1ccc(CNc2ncnc3ccc(F)cc23)cc1. The van der Waals surface area contributed by atoms with Crippen LogP contribution in [0, 0.1) is 5.82 Å². The lowest BCUT2D eigenvalue weighted by Gasteiger charge is -2.11. The van der Waals surface area contributed by atoms with Gasteiger partial charge in [0, 0.05) is 17.6 Å². The van der Waals surface area contributed by atoms with E-state index in [0.717, 1.165) is 11.3 Å². The van der Waals surface area contributed by atoms with Gasteiger partial charge in [0.15, 0.2) is 0 Å². The van der Waals surface area contributed by atoms with Gasteiger partial charge in [-0.25, -0.2) is 14.4 Å². The quantitative estimate of drug-likeness (QED) is 0.713. The van der Waals surface area contributed by atoms with Crippen LogP contribution in [-0.4, -0.2) is 41.4 Å². The van der Waals surface area contributed by atoms with E-state index in [-0.39, 0.29) is 11.7 Å². The predicted octanol–water partition coefficient (Wildman–Crippen LogP) is 2.88. The molecule has 7 heteroatoms. The van der Waals surface area contributed by atoms with Crippen LogP contribution in [0.25, 0.3) is 10.9 Å². The first kappa shape index (κ1) is 17.8. The molecule has 0 atom stereocenters. The fraction of sp³-hybridized carbons (Fsp3) is 0.211. The Morgan fingerprint density at radius 3 is 2.62 bits per heavy atom. The summed E-state index contributed by atoms with van der Waals surface area (Å²) < 4.78 is 13.5. The molecule has 0 unspecified atom stereocenters. The molecule has 0 bridgehead atoms. The molecule has 1 aromatic heterocycles. The third kappa shape index (κ3) is 4.52. The average molecular weight is 353 g/mol. The van der Waals surface area contributed by atoms with E-state index < -0.39 is 0 Å². The average Bonchev–Trinajstić information content (AvgIpc) is 2.60. The van der Waals surface area contributed by atoms with Gasteiger partial charge in [-0.3, -0.25) is 4.79 Å². The van der Waals surface area contributed by atoms with Crippen molar-refractivity contribution in [3.8, 4) is 0 Å². The Morgan fingerprint density at radius 1 is 1.12 bits per heavy atom. The van der Waals surface area contributed by atoms with Crippen molar-refractivity contribution in [3.05, 3.63) is 60.2 Å². The third-order valence-corrected chi connectivity index (χ3v) is 3.75. The number of rotatable bonds is 6. The number of fused-ring (bicyclic) bond motifs is 1. The summed E-state index contributed by atoms with van der Waals surface area (Å²) in [5, 5.41) is 6.69. The van der Waals surface area contributed by atoms with Crippen LogP contribution < -0.4 is 10.6 Å². The van der Waals surface area contributed by atoms with Crippen LogP contribution in [0.1, 0.15) is 5.56 Å². The molecule has 0 radical (unpaired) electrons. The molecule has 26 heavy (non-hydrogen) atoms. The maximum absolute atomic E-state index is 13.5. The standard InChI is InChI=1S/C19H20FN5O/c1-25(2)11-18(26)24-15-6-3-13(4-7-15)10-21-19-16-9-14(20)5-8-17(16)22-12-23-19/h3-9,12H,10-11H2,1-2H3,(H,24,26)(H,21,22,23). The molecule has 0 aliphatic heterocycles. The summed E-state index contributed by atoms with van der Waals surface area (Å²) >= 11 is 0. The van der Waals surface area contributed by atoms with Crippen molar-refractivity contribution in [1.82, 2.24) is 14.9 Å². The molecule has 1 amide bonds. The van der Waals surface area contributed by atoms with Crippen molar-refractivity contribution < 1.29 is 9.18 Å². The molecule has 0 saturated heterocycles. The van der Waals surface area contributed by atoms with E-state index in [9.17, 15) is 9.18 Å². The minimum absolute atomic E-state index is 0.0599. The largest absolute Gasteiger partial charge is 0.365 e. The summed E-state index contributed by atoms with van der Waals surface area (Å²) in [4.78, 5) is 21.9. The molecule has 3 aromatic rings. The van der Waals surface area contributed by atoms with Crippen molar-refractivity contribution in [2.75, 3.05) is 31.3 Å².